The van der Waals surface area contributed by atoms with Gasteiger partial charge in [0.15, 0.2) is 0 Å². The van der Waals surface area contributed by atoms with Crippen molar-refractivity contribution in [1.82, 2.24) is 4.90 Å². The van der Waals surface area contributed by atoms with Gasteiger partial charge in [-0.1, -0.05) is 6.92 Å². The maximum Gasteiger partial charge on any atom is 0.232 e. The lowest BCUT2D eigenvalue weighted by molar-refractivity contribution is -0.130. The van der Waals surface area contributed by atoms with E-state index < -0.39 is 0 Å². The minimum Gasteiger partial charge on any atom is -0.497 e. The molecule has 0 bridgehead atoms. The van der Waals surface area contributed by atoms with Crippen LogP contribution < -0.4 is 9.64 Å². The number of hydrogen-bond donors (Lipinski definition) is 0. The standard InChI is InChI=1S/C17H26N2O2S/c1-4-11-22-13-17(20)19-10-9-18(12-14(19)2)15-5-7-16(21-3)8-6-15/h5-8,14H,4,9-13H2,1-3H3/t14-/m0/s1. The highest BCUT2D eigenvalue weighted by Gasteiger charge is 2.27. The molecular weight excluding hydrogens is 296 g/mol. The Balaban J connectivity index is 1.89. The Kier molecular flexibility index (Phi) is 6.43. The van der Waals surface area contributed by atoms with Crippen molar-refractivity contribution >= 4 is 23.4 Å². The number of thioether (sulfide) groups is 1. The highest BCUT2D eigenvalue weighted by molar-refractivity contribution is 7.99. The number of carbonyl (C=O) groups excluding carboxylic acids is 1. The fourth-order valence-corrected chi connectivity index (χ4v) is 3.52. The molecule has 1 heterocycles. The Hall–Kier alpha value is -1.36. The van der Waals surface area contributed by atoms with E-state index in [-0.39, 0.29) is 11.9 Å². The number of piperazine rings is 1. The first kappa shape index (κ1) is 17.0. The number of methoxy groups -OCH3 is 1. The summed E-state index contributed by atoms with van der Waals surface area (Å²) in [5.41, 5.74) is 1.19. The van der Waals surface area contributed by atoms with Gasteiger partial charge in [0.1, 0.15) is 5.75 Å². The average Bonchev–Trinajstić information content (AvgIpc) is 2.55. The van der Waals surface area contributed by atoms with Crippen molar-refractivity contribution in [3.63, 3.8) is 0 Å². The summed E-state index contributed by atoms with van der Waals surface area (Å²) < 4.78 is 5.20. The molecule has 1 atom stereocenters. The second kappa shape index (κ2) is 8.32. The van der Waals surface area contributed by atoms with E-state index in [0.29, 0.717) is 5.75 Å². The zero-order valence-electron chi connectivity index (χ0n) is 13.7. The van der Waals surface area contributed by atoms with Gasteiger partial charge in [0.2, 0.25) is 5.91 Å². The number of amides is 1. The molecule has 4 nitrogen and oxygen atoms in total. The average molecular weight is 322 g/mol. The third-order valence-corrected chi connectivity index (χ3v) is 5.11. The number of nitrogens with zero attached hydrogens (tertiary/aromatic N) is 2. The SMILES string of the molecule is CCCSCC(=O)N1CCN(c2ccc(OC)cc2)C[C@@H]1C. The predicted octanol–water partition coefficient (Wildman–Crippen LogP) is 2.88. The first-order valence-corrected chi connectivity index (χ1v) is 9.07. The number of benzene rings is 1. The van der Waals surface area contributed by atoms with Crippen molar-refractivity contribution in [2.45, 2.75) is 26.3 Å². The van der Waals surface area contributed by atoms with E-state index in [9.17, 15) is 4.79 Å². The van der Waals surface area contributed by atoms with Crippen molar-refractivity contribution in [1.29, 1.82) is 0 Å². The van der Waals surface area contributed by atoms with E-state index in [0.717, 1.165) is 37.6 Å². The van der Waals surface area contributed by atoms with Gasteiger partial charge in [0, 0.05) is 31.4 Å². The van der Waals surface area contributed by atoms with E-state index in [1.54, 1.807) is 18.9 Å². The topological polar surface area (TPSA) is 32.8 Å². The number of anilines is 1. The molecule has 5 heteroatoms. The van der Waals surface area contributed by atoms with Gasteiger partial charge < -0.3 is 14.5 Å². The minimum absolute atomic E-state index is 0.255. The third kappa shape index (κ3) is 4.32. The summed E-state index contributed by atoms with van der Waals surface area (Å²) >= 11 is 1.74. The minimum atomic E-state index is 0.255. The largest absolute Gasteiger partial charge is 0.497 e. The molecule has 0 saturated carbocycles. The second-order valence-electron chi connectivity index (χ2n) is 5.63. The van der Waals surface area contributed by atoms with Gasteiger partial charge in [-0.3, -0.25) is 4.79 Å². The molecule has 2 rings (SSSR count). The van der Waals surface area contributed by atoms with Crippen LogP contribution in [0.5, 0.6) is 5.75 Å². The van der Waals surface area contributed by atoms with Crippen molar-refractivity contribution in [3.05, 3.63) is 24.3 Å². The van der Waals surface area contributed by atoms with Gasteiger partial charge in [0.05, 0.1) is 12.9 Å². The summed E-state index contributed by atoms with van der Waals surface area (Å²) in [5, 5.41) is 0. The molecule has 1 aromatic carbocycles. The van der Waals surface area contributed by atoms with Crippen LogP contribution in [0.3, 0.4) is 0 Å². The molecule has 0 aromatic heterocycles. The van der Waals surface area contributed by atoms with Crippen molar-refractivity contribution in [2.24, 2.45) is 0 Å². The molecule has 0 aliphatic carbocycles. The maximum atomic E-state index is 12.3. The van der Waals surface area contributed by atoms with Crippen LogP contribution in [0.2, 0.25) is 0 Å². The van der Waals surface area contributed by atoms with E-state index in [1.165, 1.54) is 5.69 Å². The van der Waals surface area contributed by atoms with E-state index in [4.69, 9.17) is 4.74 Å². The molecule has 1 amide bonds. The molecule has 0 radical (unpaired) electrons. The van der Waals surface area contributed by atoms with Gasteiger partial charge in [-0.15, -0.1) is 0 Å². The number of hydrogen-bond acceptors (Lipinski definition) is 4. The van der Waals surface area contributed by atoms with Crippen LogP contribution in [-0.2, 0) is 4.79 Å². The molecule has 0 spiro atoms. The molecule has 22 heavy (non-hydrogen) atoms. The molecule has 1 aliphatic heterocycles. The lowest BCUT2D eigenvalue weighted by Gasteiger charge is -2.41. The van der Waals surface area contributed by atoms with Crippen LogP contribution in [-0.4, -0.2) is 55.1 Å². The Morgan fingerprint density at radius 3 is 2.64 bits per heavy atom. The first-order chi connectivity index (χ1) is 10.7. The van der Waals surface area contributed by atoms with Crippen LogP contribution in [0.25, 0.3) is 0 Å². The number of carbonyl (C=O) groups is 1. The summed E-state index contributed by atoms with van der Waals surface area (Å²) in [6, 6.07) is 8.39. The highest BCUT2D eigenvalue weighted by Crippen LogP contribution is 2.22. The Morgan fingerprint density at radius 1 is 1.32 bits per heavy atom. The van der Waals surface area contributed by atoms with Gasteiger partial charge in [-0.05, 0) is 43.4 Å². The molecule has 0 N–H and O–H groups in total. The molecule has 1 saturated heterocycles. The summed E-state index contributed by atoms with van der Waals surface area (Å²) in [7, 11) is 1.68. The van der Waals surface area contributed by atoms with Gasteiger partial charge in [0.25, 0.3) is 0 Å². The third-order valence-electron chi connectivity index (χ3n) is 3.96. The van der Waals surface area contributed by atoms with Crippen molar-refractivity contribution in [2.75, 3.05) is 43.1 Å². The quantitative estimate of drug-likeness (QED) is 0.754. The zero-order valence-corrected chi connectivity index (χ0v) is 14.6. The van der Waals surface area contributed by atoms with E-state index in [2.05, 4.69) is 30.9 Å². The van der Waals surface area contributed by atoms with E-state index >= 15 is 0 Å². The van der Waals surface area contributed by atoms with E-state index in [1.807, 2.05) is 17.0 Å². The normalized spacial score (nSPS) is 18.4. The lowest BCUT2D eigenvalue weighted by Crippen LogP contribution is -2.54. The zero-order chi connectivity index (χ0) is 15.9. The molecule has 1 aliphatic rings. The van der Waals surface area contributed by atoms with Crippen LogP contribution in [0.15, 0.2) is 24.3 Å². The fourth-order valence-electron chi connectivity index (χ4n) is 2.74. The highest BCUT2D eigenvalue weighted by atomic mass is 32.2. The fraction of sp³-hybridized carbons (Fsp3) is 0.588. The van der Waals surface area contributed by atoms with Gasteiger partial charge in [-0.25, -0.2) is 0 Å². The molecule has 0 unspecified atom stereocenters. The van der Waals surface area contributed by atoms with Crippen LogP contribution in [0.1, 0.15) is 20.3 Å². The Bertz CT molecular complexity index is 478. The monoisotopic (exact) mass is 322 g/mol. The number of ether oxygens (including phenoxy) is 1. The van der Waals surface area contributed by atoms with Crippen molar-refractivity contribution < 1.29 is 9.53 Å². The maximum absolute atomic E-state index is 12.3. The first-order valence-electron chi connectivity index (χ1n) is 7.92. The summed E-state index contributed by atoms with van der Waals surface area (Å²) in [6.45, 7) is 6.86. The van der Waals surface area contributed by atoms with Crippen LogP contribution in [0, 0.1) is 0 Å². The summed E-state index contributed by atoms with van der Waals surface area (Å²) in [6.07, 6.45) is 1.12. The summed E-state index contributed by atoms with van der Waals surface area (Å²) in [4.78, 5) is 16.7. The number of rotatable bonds is 6. The smallest absolute Gasteiger partial charge is 0.232 e. The van der Waals surface area contributed by atoms with Gasteiger partial charge >= 0.3 is 0 Å². The van der Waals surface area contributed by atoms with Crippen LogP contribution >= 0.6 is 11.8 Å². The van der Waals surface area contributed by atoms with Crippen LogP contribution in [0.4, 0.5) is 5.69 Å². The summed E-state index contributed by atoms with van der Waals surface area (Å²) in [5.74, 6) is 2.83. The van der Waals surface area contributed by atoms with Crippen molar-refractivity contribution in [3.8, 4) is 5.75 Å². The van der Waals surface area contributed by atoms with Gasteiger partial charge in [-0.2, -0.15) is 11.8 Å². The lowest BCUT2D eigenvalue weighted by atomic mass is 10.1. The molecule has 1 aromatic rings. The molecular formula is C17H26N2O2S. The predicted molar refractivity (Wildman–Crippen MR) is 94.0 cm³/mol. The Morgan fingerprint density at radius 2 is 2.05 bits per heavy atom. The molecule has 122 valence electrons. The molecule has 1 fully saturated rings. The second-order valence-corrected chi connectivity index (χ2v) is 6.74. The Labute approximate surface area is 137 Å².